The third-order valence-corrected chi connectivity index (χ3v) is 7.58. The zero-order valence-electron chi connectivity index (χ0n) is 16.5. The fraction of sp³-hybridized carbons (Fsp3) is 0.409. The average molecular weight is 414 g/mol. The molecule has 2 aliphatic heterocycles. The van der Waals surface area contributed by atoms with Gasteiger partial charge in [-0.1, -0.05) is 36.8 Å². The predicted molar refractivity (Wildman–Crippen MR) is 114 cm³/mol. The van der Waals surface area contributed by atoms with Crippen LogP contribution in [0.4, 0.5) is 5.69 Å². The van der Waals surface area contributed by atoms with Crippen LogP contribution < -0.4 is 4.90 Å². The standard InChI is InChI=1S/C22H27N3O3S/c26-22-20-11-5-6-12-21(20)29(27,28)25(22)14-8-2-7-13-23-15-17-24(18-16-23)19-9-3-1-4-10-19/h1,3-6,9-12H,2,7-8,13-18H2. The summed E-state index contributed by atoms with van der Waals surface area (Å²) in [6, 6.07) is 17.0. The van der Waals surface area contributed by atoms with Crippen LogP contribution in [-0.4, -0.2) is 62.8 Å². The van der Waals surface area contributed by atoms with Gasteiger partial charge < -0.3 is 4.90 Å². The first-order valence-corrected chi connectivity index (χ1v) is 11.7. The quantitative estimate of drug-likeness (QED) is 0.654. The maximum Gasteiger partial charge on any atom is 0.269 e. The summed E-state index contributed by atoms with van der Waals surface area (Å²) in [5, 5.41) is 0. The number of unbranched alkanes of at least 4 members (excludes halogenated alkanes) is 2. The molecular weight excluding hydrogens is 386 g/mol. The number of fused-ring (bicyclic) bond motifs is 1. The van der Waals surface area contributed by atoms with E-state index >= 15 is 0 Å². The van der Waals surface area contributed by atoms with E-state index in [-0.39, 0.29) is 11.4 Å². The van der Waals surface area contributed by atoms with Gasteiger partial charge in [0, 0.05) is 38.4 Å². The number of para-hydroxylation sites is 1. The van der Waals surface area contributed by atoms with E-state index in [1.807, 2.05) is 6.07 Å². The Morgan fingerprint density at radius 3 is 2.14 bits per heavy atom. The van der Waals surface area contributed by atoms with Crippen molar-refractivity contribution in [2.45, 2.75) is 24.2 Å². The van der Waals surface area contributed by atoms with Crippen molar-refractivity contribution in [1.29, 1.82) is 0 Å². The van der Waals surface area contributed by atoms with Crippen LogP contribution in [0.3, 0.4) is 0 Å². The Morgan fingerprint density at radius 1 is 0.759 bits per heavy atom. The minimum absolute atomic E-state index is 0.140. The molecule has 2 heterocycles. The SMILES string of the molecule is O=C1c2ccccc2S(=O)(=O)N1CCCCCN1CCN(c2ccccc2)CC1. The van der Waals surface area contributed by atoms with Crippen molar-refractivity contribution >= 4 is 21.6 Å². The van der Waals surface area contributed by atoms with Crippen LogP contribution in [0, 0.1) is 0 Å². The van der Waals surface area contributed by atoms with Crippen molar-refractivity contribution < 1.29 is 13.2 Å². The number of carbonyl (C=O) groups is 1. The maximum atomic E-state index is 12.5. The van der Waals surface area contributed by atoms with Crippen LogP contribution in [0.2, 0.25) is 0 Å². The summed E-state index contributed by atoms with van der Waals surface area (Å²) in [7, 11) is -3.67. The Hall–Kier alpha value is -2.38. The van der Waals surface area contributed by atoms with Gasteiger partial charge in [-0.3, -0.25) is 9.69 Å². The molecule has 4 rings (SSSR count). The summed E-state index contributed by atoms with van der Waals surface area (Å²) in [5.74, 6) is -0.391. The molecule has 2 aromatic carbocycles. The summed E-state index contributed by atoms with van der Waals surface area (Å²) in [5.41, 5.74) is 1.58. The summed E-state index contributed by atoms with van der Waals surface area (Å²) >= 11 is 0. The first kappa shape index (κ1) is 19.9. The summed E-state index contributed by atoms with van der Waals surface area (Å²) in [4.78, 5) is 17.4. The zero-order valence-corrected chi connectivity index (χ0v) is 17.4. The topological polar surface area (TPSA) is 60.9 Å². The Balaban J connectivity index is 1.18. The number of sulfonamides is 1. The third kappa shape index (κ3) is 4.16. The molecule has 0 bridgehead atoms. The Morgan fingerprint density at radius 2 is 1.41 bits per heavy atom. The number of benzene rings is 2. The Labute approximate surface area is 172 Å². The van der Waals surface area contributed by atoms with Gasteiger partial charge in [0.1, 0.15) is 4.90 Å². The maximum absolute atomic E-state index is 12.5. The van der Waals surface area contributed by atoms with Gasteiger partial charge in [0.15, 0.2) is 0 Å². The van der Waals surface area contributed by atoms with E-state index in [1.165, 1.54) is 11.8 Å². The van der Waals surface area contributed by atoms with E-state index in [1.54, 1.807) is 18.2 Å². The van der Waals surface area contributed by atoms with E-state index in [4.69, 9.17) is 0 Å². The molecule has 6 nitrogen and oxygen atoms in total. The summed E-state index contributed by atoms with van der Waals surface area (Å²) in [6.45, 7) is 5.43. The first-order chi connectivity index (χ1) is 14.1. The summed E-state index contributed by atoms with van der Waals surface area (Å²) in [6.07, 6.45) is 2.62. The van der Waals surface area contributed by atoms with E-state index in [0.29, 0.717) is 12.0 Å². The molecule has 154 valence electrons. The third-order valence-electron chi connectivity index (χ3n) is 5.74. The highest BCUT2D eigenvalue weighted by Crippen LogP contribution is 2.30. The van der Waals surface area contributed by atoms with E-state index in [9.17, 15) is 13.2 Å². The highest BCUT2D eigenvalue weighted by atomic mass is 32.2. The molecule has 2 aromatic rings. The molecule has 7 heteroatoms. The lowest BCUT2D eigenvalue weighted by Crippen LogP contribution is -2.46. The van der Waals surface area contributed by atoms with Gasteiger partial charge in [0.2, 0.25) is 0 Å². The van der Waals surface area contributed by atoms with Crippen molar-refractivity contribution in [3.8, 4) is 0 Å². The zero-order chi connectivity index (χ0) is 20.3. The fourth-order valence-electron chi connectivity index (χ4n) is 4.09. The average Bonchev–Trinajstić information content (AvgIpc) is 2.95. The number of hydrogen-bond donors (Lipinski definition) is 0. The molecule has 29 heavy (non-hydrogen) atoms. The Kier molecular flexibility index (Phi) is 5.87. The summed E-state index contributed by atoms with van der Waals surface area (Å²) < 4.78 is 26.1. The van der Waals surface area contributed by atoms with Crippen LogP contribution in [0.25, 0.3) is 0 Å². The van der Waals surface area contributed by atoms with Gasteiger partial charge in [-0.05, 0) is 43.7 Å². The van der Waals surface area contributed by atoms with Crippen LogP contribution in [0.5, 0.6) is 0 Å². The number of piperazine rings is 1. The monoisotopic (exact) mass is 413 g/mol. The number of carbonyl (C=O) groups excluding carboxylic acids is 1. The molecular formula is C22H27N3O3S. The van der Waals surface area contributed by atoms with Gasteiger partial charge in [-0.25, -0.2) is 12.7 Å². The Bertz CT molecular complexity index is 954. The first-order valence-electron chi connectivity index (χ1n) is 10.3. The molecule has 1 amide bonds. The van der Waals surface area contributed by atoms with Gasteiger partial charge in [-0.15, -0.1) is 0 Å². The molecule has 0 saturated carbocycles. The number of amides is 1. The van der Waals surface area contributed by atoms with Crippen molar-refractivity contribution in [3.05, 3.63) is 60.2 Å². The molecule has 0 aliphatic carbocycles. The molecule has 0 unspecified atom stereocenters. The number of rotatable bonds is 7. The van der Waals surface area contributed by atoms with E-state index in [0.717, 1.165) is 49.9 Å². The van der Waals surface area contributed by atoms with Gasteiger partial charge in [0.05, 0.1) is 5.56 Å². The molecule has 0 N–H and O–H groups in total. The second-order valence-corrected chi connectivity index (χ2v) is 9.43. The molecule has 0 radical (unpaired) electrons. The smallest absolute Gasteiger partial charge is 0.269 e. The second kappa shape index (κ2) is 8.55. The van der Waals surface area contributed by atoms with Crippen LogP contribution in [0.15, 0.2) is 59.5 Å². The lowest BCUT2D eigenvalue weighted by atomic mass is 10.2. The molecule has 0 atom stereocenters. The lowest BCUT2D eigenvalue weighted by Gasteiger charge is -2.36. The lowest BCUT2D eigenvalue weighted by molar-refractivity contribution is 0.0869. The normalized spacial score (nSPS) is 18.8. The van der Waals surface area contributed by atoms with E-state index in [2.05, 4.69) is 34.1 Å². The highest BCUT2D eigenvalue weighted by Gasteiger charge is 2.40. The van der Waals surface area contributed by atoms with Crippen molar-refractivity contribution in [3.63, 3.8) is 0 Å². The van der Waals surface area contributed by atoms with Crippen LogP contribution in [0.1, 0.15) is 29.6 Å². The van der Waals surface area contributed by atoms with Gasteiger partial charge in [-0.2, -0.15) is 0 Å². The van der Waals surface area contributed by atoms with E-state index < -0.39 is 15.9 Å². The molecule has 1 fully saturated rings. The molecule has 0 spiro atoms. The second-order valence-electron chi connectivity index (χ2n) is 7.60. The van der Waals surface area contributed by atoms with Crippen LogP contribution in [-0.2, 0) is 10.0 Å². The molecule has 0 aromatic heterocycles. The molecule has 2 aliphatic rings. The largest absolute Gasteiger partial charge is 0.369 e. The van der Waals surface area contributed by atoms with Crippen molar-refractivity contribution in [2.24, 2.45) is 0 Å². The predicted octanol–water partition coefficient (Wildman–Crippen LogP) is 2.82. The van der Waals surface area contributed by atoms with Crippen molar-refractivity contribution in [1.82, 2.24) is 9.21 Å². The number of hydrogen-bond acceptors (Lipinski definition) is 5. The minimum Gasteiger partial charge on any atom is -0.369 e. The molecule has 1 saturated heterocycles. The number of anilines is 1. The fourth-order valence-corrected chi connectivity index (χ4v) is 5.70. The van der Waals surface area contributed by atoms with Gasteiger partial charge in [0.25, 0.3) is 15.9 Å². The van der Waals surface area contributed by atoms with Crippen LogP contribution >= 0.6 is 0 Å². The van der Waals surface area contributed by atoms with Gasteiger partial charge >= 0.3 is 0 Å². The minimum atomic E-state index is -3.67. The number of nitrogens with zero attached hydrogens (tertiary/aromatic N) is 3. The highest BCUT2D eigenvalue weighted by molar-refractivity contribution is 7.90. The van der Waals surface area contributed by atoms with Crippen molar-refractivity contribution in [2.75, 3.05) is 44.2 Å².